The van der Waals surface area contributed by atoms with Gasteiger partial charge in [-0.15, -0.1) is 0 Å². The molecule has 4 nitrogen and oxygen atoms in total. The Morgan fingerprint density at radius 2 is 0.543 bits per heavy atom. The summed E-state index contributed by atoms with van der Waals surface area (Å²) < 4.78 is 123. The fraction of sp³-hybridized carbons (Fsp3) is 0.269. The van der Waals surface area contributed by atoms with E-state index in [1.165, 1.54) is 112 Å². The third-order valence-corrected chi connectivity index (χ3v) is 11.3. The standard InChI is InChI=1S/C48H46N2.2C2H3N.2F6P/c1-27(2)35-11-9-12-36(28(3)4)47(35)49-23-31-15-19-39-41-21-17-33-25-50(48-37(29(5)6)13-10-14-38(48)30(7)8)26-34-18-22-42(46(41)44(33)34)40-20-16-32(24-49)43(31)45(39)40;2*1-2-3;2*1-7(2,3,4,5)6/h9-30H,1-8H3;2*1H3;;/q+2;;;2*-1. The van der Waals surface area contributed by atoms with Crippen LogP contribution in [0, 0.1) is 22.7 Å². The number of hydrogen-bond acceptors (Lipinski definition) is 2. The van der Waals surface area contributed by atoms with E-state index in [1.807, 2.05) is 0 Å². The molecule has 0 N–H and O–H groups in total. The first-order chi connectivity index (χ1) is 31.8. The Morgan fingerprint density at radius 1 is 0.357 bits per heavy atom. The van der Waals surface area contributed by atoms with Crippen LogP contribution in [0.25, 0.3) is 76.0 Å². The van der Waals surface area contributed by atoms with Crippen LogP contribution in [0.2, 0.25) is 0 Å². The number of pyridine rings is 2. The molecule has 0 aliphatic heterocycles. The summed E-state index contributed by atoms with van der Waals surface area (Å²) in [5, 5.41) is 30.6. The van der Waals surface area contributed by atoms with Gasteiger partial charge in [0.25, 0.3) is 0 Å². The maximum atomic E-state index is 9.87. The molecular weight excluding hydrogens is 971 g/mol. The van der Waals surface area contributed by atoms with Gasteiger partial charge in [-0.05, 0) is 80.3 Å². The van der Waals surface area contributed by atoms with Gasteiger partial charge >= 0.3 is 66.0 Å². The van der Waals surface area contributed by atoms with Crippen molar-refractivity contribution in [3.8, 4) is 23.5 Å². The van der Waals surface area contributed by atoms with Gasteiger partial charge < -0.3 is 0 Å². The van der Waals surface area contributed by atoms with E-state index in [2.05, 4.69) is 174 Å². The number of para-hydroxylation sites is 2. The van der Waals surface area contributed by atoms with Gasteiger partial charge in [0.1, 0.15) is 0 Å². The summed E-state index contributed by atoms with van der Waals surface area (Å²) in [6, 6.07) is 36.1. The van der Waals surface area contributed by atoms with Crippen molar-refractivity contribution in [3.05, 3.63) is 132 Å². The second kappa shape index (κ2) is 18.0. The van der Waals surface area contributed by atoms with Gasteiger partial charge in [-0.1, -0.05) is 116 Å². The minimum atomic E-state index is -10.7. The summed E-state index contributed by atoms with van der Waals surface area (Å²) in [5.41, 5.74) is 8.25. The van der Waals surface area contributed by atoms with Crippen LogP contribution >= 0.6 is 15.6 Å². The predicted octanol–water partition coefficient (Wildman–Crippen LogP) is 20.4. The number of rotatable bonds is 6. The van der Waals surface area contributed by atoms with Gasteiger partial charge in [0, 0.05) is 68.4 Å². The molecule has 0 fully saturated rings. The van der Waals surface area contributed by atoms with Crippen molar-refractivity contribution in [2.24, 2.45) is 0 Å². The second-order valence-electron chi connectivity index (χ2n) is 18.2. The third-order valence-electron chi connectivity index (χ3n) is 11.3. The Kier molecular flexibility index (Phi) is 14.1. The summed E-state index contributed by atoms with van der Waals surface area (Å²) in [4.78, 5) is 0. The van der Waals surface area contributed by atoms with E-state index in [4.69, 9.17) is 10.5 Å². The van der Waals surface area contributed by atoms with E-state index >= 15 is 0 Å². The molecule has 374 valence electrons. The Hall–Kier alpha value is -6.08. The van der Waals surface area contributed by atoms with Gasteiger partial charge in [0.15, 0.2) is 24.8 Å². The molecule has 9 aromatic rings. The first-order valence-corrected chi connectivity index (χ1v) is 26.1. The van der Waals surface area contributed by atoms with Crippen molar-refractivity contribution in [1.29, 1.82) is 10.5 Å². The zero-order chi connectivity index (χ0) is 52.8. The Labute approximate surface area is 397 Å². The van der Waals surface area contributed by atoms with E-state index in [0.29, 0.717) is 23.7 Å². The van der Waals surface area contributed by atoms with Gasteiger partial charge in [-0.2, -0.15) is 19.7 Å². The quantitative estimate of drug-likeness (QED) is 0.0548. The molecule has 0 bridgehead atoms. The number of hydrogen-bond donors (Lipinski definition) is 0. The summed E-state index contributed by atoms with van der Waals surface area (Å²) in [6.07, 6.45) is 9.49. The minimum absolute atomic E-state index is 0.435. The molecule has 0 saturated carbocycles. The van der Waals surface area contributed by atoms with Crippen LogP contribution in [0.15, 0.2) is 110 Å². The number of benzene rings is 7. The summed E-state index contributed by atoms with van der Waals surface area (Å²) >= 11 is 0. The van der Waals surface area contributed by atoms with Gasteiger partial charge in [0.05, 0.1) is 12.1 Å². The van der Waals surface area contributed by atoms with E-state index < -0.39 is 15.6 Å². The zero-order valence-electron chi connectivity index (χ0n) is 39.9. The number of nitriles is 2. The fourth-order valence-corrected chi connectivity index (χ4v) is 8.98. The molecule has 0 unspecified atom stereocenters. The molecule has 0 spiro atoms. The Morgan fingerprint density at radius 3 is 0.714 bits per heavy atom. The number of fused-ring (bicyclic) bond motifs is 2. The van der Waals surface area contributed by atoms with Gasteiger partial charge in [-0.3, -0.25) is 0 Å². The second-order valence-corrected chi connectivity index (χ2v) is 22.0. The molecule has 0 saturated heterocycles. The maximum absolute atomic E-state index is 10.7. The topological polar surface area (TPSA) is 55.3 Å². The molecule has 2 heterocycles. The molecular formula is C52H52F12N4P2. The molecule has 70 heavy (non-hydrogen) atoms. The fourth-order valence-electron chi connectivity index (χ4n) is 8.98. The molecule has 18 heteroatoms. The first kappa shape index (κ1) is 54.9. The summed E-state index contributed by atoms with van der Waals surface area (Å²) in [6.45, 7) is 21.3. The molecule has 2 aromatic heterocycles. The molecule has 0 aliphatic rings. The van der Waals surface area contributed by atoms with E-state index in [9.17, 15) is 50.4 Å². The van der Waals surface area contributed by atoms with Crippen LogP contribution in [-0.4, -0.2) is 0 Å². The average molecular weight is 1020 g/mol. The monoisotopic (exact) mass is 1020 g/mol. The zero-order valence-corrected chi connectivity index (χ0v) is 41.7. The van der Waals surface area contributed by atoms with Crippen molar-refractivity contribution >= 4 is 80.3 Å². The molecule has 0 amide bonds. The van der Waals surface area contributed by atoms with Crippen molar-refractivity contribution in [3.63, 3.8) is 0 Å². The van der Waals surface area contributed by atoms with Crippen LogP contribution < -0.4 is 9.13 Å². The van der Waals surface area contributed by atoms with Crippen molar-refractivity contribution < 1.29 is 59.5 Å². The normalized spacial score (nSPS) is 13.9. The van der Waals surface area contributed by atoms with E-state index in [-0.39, 0.29) is 0 Å². The predicted molar refractivity (Wildman–Crippen MR) is 263 cm³/mol. The molecule has 7 aromatic carbocycles. The van der Waals surface area contributed by atoms with Crippen LogP contribution in [0.5, 0.6) is 0 Å². The van der Waals surface area contributed by atoms with Crippen molar-refractivity contribution in [1.82, 2.24) is 0 Å². The van der Waals surface area contributed by atoms with Gasteiger partial charge in [-0.25, -0.2) is 0 Å². The van der Waals surface area contributed by atoms with E-state index in [1.54, 1.807) is 12.1 Å². The molecule has 0 atom stereocenters. The van der Waals surface area contributed by atoms with Crippen LogP contribution in [0.3, 0.4) is 0 Å². The Bertz CT molecular complexity index is 3060. The number of aromatic nitrogens is 2. The Balaban J connectivity index is 0.000000389. The number of nitrogens with zero attached hydrogens (tertiary/aromatic N) is 4. The SMILES string of the molecule is CC#N.CC#N.CC(C)c1cccc(C(C)C)c1-[n+]1cc2ccc3c4ccc5c[n+](-c6c(C(C)C)cccc6C(C)C)cc6ccc(c7ccc(c1)c2c37)c4c56.F[P-](F)(F)(F)(F)F.F[P-](F)(F)(F)(F)F. The van der Waals surface area contributed by atoms with Crippen LogP contribution in [-0.2, 0) is 0 Å². The van der Waals surface area contributed by atoms with Crippen LogP contribution in [0.4, 0.5) is 50.4 Å². The van der Waals surface area contributed by atoms with Crippen molar-refractivity contribution in [2.75, 3.05) is 0 Å². The summed E-state index contributed by atoms with van der Waals surface area (Å²) in [5.74, 6) is 1.74. The molecule has 0 aliphatic carbocycles. The molecule has 0 radical (unpaired) electrons. The number of halogens is 12. The first-order valence-electron chi connectivity index (χ1n) is 22.0. The summed E-state index contributed by atoms with van der Waals surface area (Å²) in [7, 11) is -21.3. The van der Waals surface area contributed by atoms with Crippen LogP contribution in [0.1, 0.15) is 115 Å². The molecule has 9 rings (SSSR count). The van der Waals surface area contributed by atoms with Crippen molar-refractivity contribution in [2.45, 2.75) is 92.9 Å². The van der Waals surface area contributed by atoms with E-state index in [0.717, 1.165) is 0 Å². The average Bonchev–Trinajstić information content (AvgIpc) is 3.22. The third kappa shape index (κ3) is 13.6. The van der Waals surface area contributed by atoms with Gasteiger partial charge in [0.2, 0.25) is 11.4 Å².